The Bertz CT molecular complexity index is 929. The number of likely N-dealkylation sites (tertiary alicyclic amines) is 1. The summed E-state index contributed by atoms with van der Waals surface area (Å²) in [4.78, 5) is 53.1. The van der Waals surface area contributed by atoms with Crippen molar-refractivity contribution in [1.29, 1.82) is 0 Å². The molecule has 0 spiro atoms. The van der Waals surface area contributed by atoms with Crippen LogP contribution in [-0.4, -0.2) is 58.6 Å². The number of piperidine rings is 1. The summed E-state index contributed by atoms with van der Waals surface area (Å²) in [5.74, 6) is -1.20. The molecule has 1 N–H and O–H groups in total. The summed E-state index contributed by atoms with van der Waals surface area (Å²) in [5, 5.41) is 6.66. The molecule has 0 bridgehead atoms. The first kappa shape index (κ1) is 19.3. The Morgan fingerprint density at radius 2 is 1.69 bits per heavy atom. The first-order valence-corrected chi connectivity index (χ1v) is 10.5. The third-order valence-corrected chi connectivity index (χ3v) is 6.18. The Kier molecular flexibility index (Phi) is 5.19. The van der Waals surface area contributed by atoms with Crippen LogP contribution in [0.15, 0.2) is 41.1 Å². The van der Waals surface area contributed by atoms with Crippen molar-refractivity contribution in [3.8, 4) is 0 Å². The van der Waals surface area contributed by atoms with Gasteiger partial charge in [0.25, 0.3) is 17.7 Å². The van der Waals surface area contributed by atoms with Gasteiger partial charge >= 0.3 is 0 Å². The Morgan fingerprint density at radius 1 is 1.07 bits per heavy atom. The fraction of sp³-hybridized carbons (Fsp3) is 0.333. The lowest BCUT2D eigenvalue weighted by atomic mass is 10.0. The van der Waals surface area contributed by atoms with E-state index in [2.05, 4.69) is 5.32 Å². The number of imide groups is 1. The number of fused-ring (bicyclic) bond motifs is 1. The van der Waals surface area contributed by atoms with Gasteiger partial charge in [0.05, 0.1) is 11.1 Å². The Balaban J connectivity index is 1.36. The molecule has 1 aromatic heterocycles. The lowest BCUT2D eigenvalue weighted by Crippen LogP contribution is -2.53. The minimum absolute atomic E-state index is 0.000983. The number of hydrogen-bond acceptors (Lipinski definition) is 5. The molecule has 29 heavy (non-hydrogen) atoms. The normalized spacial score (nSPS) is 18.0. The lowest BCUT2D eigenvalue weighted by molar-refractivity contribution is -0.136. The van der Waals surface area contributed by atoms with Gasteiger partial charge in [-0.1, -0.05) is 12.1 Å². The van der Waals surface area contributed by atoms with Crippen molar-refractivity contribution in [2.75, 3.05) is 13.1 Å². The van der Waals surface area contributed by atoms with E-state index < -0.39 is 17.9 Å². The molecule has 8 heteroatoms. The zero-order valence-corrected chi connectivity index (χ0v) is 16.8. The van der Waals surface area contributed by atoms with E-state index >= 15 is 0 Å². The van der Waals surface area contributed by atoms with Crippen LogP contribution < -0.4 is 5.32 Å². The number of carbonyl (C=O) groups is 4. The maximum absolute atomic E-state index is 12.9. The Labute approximate surface area is 172 Å². The number of nitrogens with one attached hydrogen (secondary N) is 1. The number of benzene rings is 1. The summed E-state index contributed by atoms with van der Waals surface area (Å²) in [7, 11) is 0. The Hall–Kier alpha value is -3.00. The molecule has 1 unspecified atom stereocenters. The summed E-state index contributed by atoms with van der Waals surface area (Å²) in [5.41, 5.74) is 1.33. The van der Waals surface area contributed by atoms with Gasteiger partial charge < -0.3 is 10.2 Å². The number of thiophene rings is 1. The smallest absolute Gasteiger partial charge is 0.262 e. The minimum Gasteiger partial charge on any atom is -0.349 e. The van der Waals surface area contributed by atoms with Crippen molar-refractivity contribution in [3.63, 3.8) is 0 Å². The van der Waals surface area contributed by atoms with Crippen molar-refractivity contribution in [1.82, 2.24) is 15.1 Å². The fourth-order valence-electron chi connectivity index (χ4n) is 3.84. The molecule has 2 aliphatic heterocycles. The molecule has 1 aromatic carbocycles. The van der Waals surface area contributed by atoms with Crippen molar-refractivity contribution in [2.24, 2.45) is 0 Å². The van der Waals surface area contributed by atoms with Gasteiger partial charge in [-0.15, -0.1) is 0 Å². The molecular formula is C21H21N3O4S. The highest BCUT2D eigenvalue weighted by atomic mass is 32.1. The molecule has 0 saturated carbocycles. The molecule has 0 aliphatic carbocycles. The van der Waals surface area contributed by atoms with Gasteiger partial charge in [0.1, 0.15) is 6.04 Å². The number of amides is 4. The topological polar surface area (TPSA) is 86.8 Å². The first-order chi connectivity index (χ1) is 14.0. The molecule has 4 rings (SSSR count). The van der Waals surface area contributed by atoms with Crippen LogP contribution in [0.4, 0.5) is 0 Å². The van der Waals surface area contributed by atoms with E-state index in [1.54, 1.807) is 47.5 Å². The van der Waals surface area contributed by atoms with Crippen LogP contribution in [0, 0.1) is 0 Å². The Morgan fingerprint density at radius 3 is 2.24 bits per heavy atom. The standard InChI is InChI=1S/C21H21N3O4S/c1-13(24-20(27)16-4-2-3-5-17(16)21(24)28)19(26)23-9-6-15(7-10-23)22-18(25)14-8-11-29-12-14/h2-5,8,11-13,15H,6-7,9-10H2,1H3,(H,22,25). The molecule has 1 fully saturated rings. The molecule has 0 radical (unpaired) electrons. The summed E-state index contributed by atoms with van der Waals surface area (Å²) in [6, 6.07) is 7.54. The molecular weight excluding hydrogens is 390 g/mol. The molecule has 7 nitrogen and oxygen atoms in total. The quantitative estimate of drug-likeness (QED) is 0.781. The van der Waals surface area contributed by atoms with Crippen LogP contribution in [-0.2, 0) is 4.79 Å². The van der Waals surface area contributed by atoms with Gasteiger partial charge in [-0.05, 0) is 43.3 Å². The highest BCUT2D eigenvalue weighted by Crippen LogP contribution is 2.25. The second-order valence-corrected chi connectivity index (χ2v) is 8.07. The predicted molar refractivity (Wildman–Crippen MR) is 108 cm³/mol. The van der Waals surface area contributed by atoms with Crippen molar-refractivity contribution < 1.29 is 19.2 Å². The monoisotopic (exact) mass is 411 g/mol. The van der Waals surface area contributed by atoms with E-state index in [0.29, 0.717) is 42.6 Å². The van der Waals surface area contributed by atoms with Crippen LogP contribution in [0.3, 0.4) is 0 Å². The SMILES string of the molecule is CC(C(=O)N1CCC(NC(=O)c2ccsc2)CC1)N1C(=O)c2ccccc2C1=O. The zero-order valence-electron chi connectivity index (χ0n) is 16.0. The van der Waals surface area contributed by atoms with Crippen LogP contribution in [0.2, 0.25) is 0 Å². The molecule has 3 heterocycles. The summed E-state index contributed by atoms with van der Waals surface area (Å²) < 4.78 is 0. The number of carbonyl (C=O) groups excluding carboxylic acids is 4. The minimum atomic E-state index is -0.862. The van der Waals surface area contributed by atoms with Crippen LogP contribution in [0.5, 0.6) is 0 Å². The number of nitrogens with zero attached hydrogens (tertiary/aromatic N) is 2. The van der Waals surface area contributed by atoms with Crippen molar-refractivity contribution in [3.05, 3.63) is 57.8 Å². The fourth-order valence-corrected chi connectivity index (χ4v) is 4.48. The average molecular weight is 411 g/mol. The average Bonchev–Trinajstić information content (AvgIpc) is 3.36. The van der Waals surface area contributed by atoms with Gasteiger partial charge in [-0.3, -0.25) is 24.1 Å². The van der Waals surface area contributed by atoms with E-state index in [-0.39, 0.29) is 17.9 Å². The number of rotatable bonds is 4. The third kappa shape index (κ3) is 3.55. The second-order valence-electron chi connectivity index (χ2n) is 7.29. The van der Waals surface area contributed by atoms with E-state index in [1.165, 1.54) is 11.3 Å². The van der Waals surface area contributed by atoms with Gasteiger partial charge in [-0.25, -0.2) is 0 Å². The summed E-state index contributed by atoms with van der Waals surface area (Å²) in [6.07, 6.45) is 1.27. The number of hydrogen-bond donors (Lipinski definition) is 1. The highest BCUT2D eigenvalue weighted by molar-refractivity contribution is 7.08. The van der Waals surface area contributed by atoms with Crippen molar-refractivity contribution in [2.45, 2.75) is 31.8 Å². The summed E-state index contributed by atoms with van der Waals surface area (Å²) >= 11 is 1.47. The molecule has 2 aromatic rings. The lowest BCUT2D eigenvalue weighted by Gasteiger charge is -2.35. The molecule has 1 saturated heterocycles. The van der Waals surface area contributed by atoms with Crippen molar-refractivity contribution >= 4 is 35.0 Å². The molecule has 150 valence electrons. The maximum atomic E-state index is 12.9. The van der Waals surface area contributed by atoms with Gasteiger partial charge in [0.2, 0.25) is 5.91 Å². The zero-order chi connectivity index (χ0) is 20.5. The highest BCUT2D eigenvalue weighted by Gasteiger charge is 2.42. The molecule has 4 amide bonds. The predicted octanol–water partition coefficient (Wildman–Crippen LogP) is 2.15. The maximum Gasteiger partial charge on any atom is 0.262 e. The third-order valence-electron chi connectivity index (χ3n) is 5.50. The molecule has 1 atom stereocenters. The van der Waals surface area contributed by atoms with Crippen LogP contribution >= 0.6 is 11.3 Å². The van der Waals surface area contributed by atoms with Crippen LogP contribution in [0.1, 0.15) is 50.8 Å². The first-order valence-electron chi connectivity index (χ1n) is 9.56. The summed E-state index contributed by atoms with van der Waals surface area (Å²) in [6.45, 7) is 2.54. The largest absolute Gasteiger partial charge is 0.349 e. The van der Waals surface area contributed by atoms with E-state index in [1.807, 2.05) is 5.38 Å². The van der Waals surface area contributed by atoms with E-state index in [9.17, 15) is 19.2 Å². The van der Waals surface area contributed by atoms with Gasteiger partial charge in [0, 0.05) is 30.1 Å². The van der Waals surface area contributed by atoms with Gasteiger partial charge in [-0.2, -0.15) is 11.3 Å². The second kappa shape index (κ2) is 7.79. The molecule has 2 aliphatic rings. The van der Waals surface area contributed by atoms with Crippen LogP contribution in [0.25, 0.3) is 0 Å². The van der Waals surface area contributed by atoms with E-state index in [0.717, 1.165) is 4.90 Å². The van der Waals surface area contributed by atoms with Gasteiger partial charge in [0.15, 0.2) is 0 Å². The van der Waals surface area contributed by atoms with E-state index in [4.69, 9.17) is 0 Å².